The van der Waals surface area contributed by atoms with E-state index in [4.69, 9.17) is 0 Å². The number of halogens is 1. The number of nitrogens with one attached hydrogen (secondary N) is 1. The molecule has 4 rings (SSSR count). The highest BCUT2D eigenvalue weighted by atomic mass is 32.2. The molecule has 0 bridgehead atoms. The van der Waals surface area contributed by atoms with Gasteiger partial charge in [-0.05, 0) is 41.6 Å². The third kappa shape index (κ3) is 4.86. The summed E-state index contributed by atoms with van der Waals surface area (Å²) < 4.78 is 16.1. The Morgan fingerprint density at radius 2 is 1.94 bits per heavy atom. The molecule has 2 aromatic carbocycles. The lowest BCUT2D eigenvalue weighted by Gasteiger charge is -2.13. The fraction of sp³-hybridized carbons (Fsp3) is 0.174. The van der Waals surface area contributed by atoms with Gasteiger partial charge in [-0.3, -0.25) is 14.2 Å². The van der Waals surface area contributed by atoms with Gasteiger partial charge in [-0.25, -0.2) is 9.37 Å². The van der Waals surface area contributed by atoms with Gasteiger partial charge in [0.05, 0.1) is 17.8 Å². The van der Waals surface area contributed by atoms with Crippen molar-refractivity contribution in [2.24, 2.45) is 0 Å². The molecule has 4 aromatic rings. The van der Waals surface area contributed by atoms with Gasteiger partial charge in [0.2, 0.25) is 5.91 Å². The molecule has 0 aliphatic rings. The number of hydrogen-bond acceptors (Lipinski definition) is 5. The number of fused-ring (bicyclic) bond motifs is 1. The van der Waals surface area contributed by atoms with Crippen molar-refractivity contribution in [3.05, 3.63) is 87.3 Å². The summed E-state index contributed by atoms with van der Waals surface area (Å²) in [4.78, 5) is 30.0. The van der Waals surface area contributed by atoms with E-state index in [1.54, 1.807) is 29.6 Å². The zero-order chi connectivity index (χ0) is 21.8. The van der Waals surface area contributed by atoms with Crippen LogP contribution in [0.25, 0.3) is 10.2 Å². The number of hydrogen-bond donors (Lipinski definition) is 1. The molecule has 0 aliphatic carbocycles. The summed E-state index contributed by atoms with van der Waals surface area (Å²) >= 11 is 2.46. The summed E-state index contributed by atoms with van der Waals surface area (Å²) in [6.45, 7) is 2.12. The summed E-state index contributed by atoms with van der Waals surface area (Å²) in [5.74, 6) is -0.509. The van der Waals surface area contributed by atoms with Gasteiger partial charge < -0.3 is 5.32 Å². The number of carbonyl (C=O) groups excluding carboxylic acids is 1. The van der Waals surface area contributed by atoms with E-state index in [-0.39, 0.29) is 29.6 Å². The highest BCUT2D eigenvalue weighted by molar-refractivity contribution is 7.99. The number of rotatable bonds is 7. The Morgan fingerprint density at radius 3 is 2.68 bits per heavy atom. The number of benzene rings is 2. The van der Waals surface area contributed by atoms with E-state index in [9.17, 15) is 14.0 Å². The number of carbonyl (C=O) groups is 1. The standard InChI is InChI=1S/C23H20FN3O2S2/c1-2-15-7-9-17(10-8-15)25-20(28)14-31-23-26-19-11-12-30-21(19)22(29)27(23)13-16-5-3-4-6-18(16)24/h3-12H,2,13-14H2,1H3,(H,25,28). The van der Waals surface area contributed by atoms with Gasteiger partial charge in [0.15, 0.2) is 5.16 Å². The molecule has 0 fully saturated rings. The van der Waals surface area contributed by atoms with Gasteiger partial charge in [-0.15, -0.1) is 11.3 Å². The molecule has 0 atom stereocenters. The molecule has 2 aromatic heterocycles. The van der Waals surface area contributed by atoms with Gasteiger partial charge in [0, 0.05) is 11.3 Å². The maximum absolute atomic E-state index is 14.2. The lowest BCUT2D eigenvalue weighted by atomic mass is 10.1. The van der Waals surface area contributed by atoms with E-state index < -0.39 is 0 Å². The van der Waals surface area contributed by atoms with Crippen molar-refractivity contribution in [1.82, 2.24) is 9.55 Å². The summed E-state index contributed by atoms with van der Waals surface area (Å²) in [6.07, 6.45) is 0.931. The molecule has 8 heteroatoms. The predicted octanol–water partition coefficient (Wildman–Crippen LogP) is 4.94. The van der Waals surface area contributed by atoms with Crippen molar-refractivity contribution >= 4 is 44.9 Å². The number of amides is 1. The van der Waals surface area contributed by atoms with E-state index in [0.717, 1.165) is 18.2 Å². The molecule has 0 spiro atoms. The first-order valence-electron chi connectivity index (χ1n) is 9.78. The lowest BCUT2D eigenvalue weighted by Crippen LogP contribution is -2.24. The second-order valence-corrected chi connectivity index (χ2v) is 8.76. The molecule has 0 aliphatic heterocycles. The molecule has 2 heterocycles. The van der Waals surface area contributed by atoms with Gasteiger partial charge in [-0.2, -0.15) is 0 Å². The van der Waals surface area contributed by atoms with Crippen molar-refractivity contribution in [3.63, 3.8) is 0 Å². The highest BCUT2D eigenvalue weighted by Crippen LogP contribution is 2.22. The second kappa shape index (κ2) is 9.45. The Labute approximate surface area is 187 Å². The molecular weight excluding hydrogens is 433 g/mol. The van der Waals surface area contributed by atoms with Gasteiger partial charge in [-0.1, -0.05) is 49.0 Å². The van der Waals surface area contributed by atoms with Crippen LogP contribution in [0.3, 0.4) is 0 Å². The van der Waals surface area contributed by atoms with Crippen LogP contribution in [0.4, 0.5) is 10.1 Å². The number of nitrogens with zero attached hydrogens (tertiary/aromatic N) is 2. The van der Waals surface area contributed by atoms with Gasteiger partial charge >= 0.3 is 0 Å². The molecule has 158 valence electrons. The quantitative estimate of drug-likeness (QED) is 0.318. The van der Waals surface area contributed by atoms with Crippen molar-refractivity contribution in [2.45, 2.75) is 25.0 Å². The minimum absolute atomic E-state index is 0.0504. The third-order valence-electron chi connectivity index (χ3n) is 4.80. The lowest BCUT2D eigenvalue weighted by molar-refractivity contribution is -0.113. The van der Waals surface area contributed by atoms with E-state index in [2.05, 4.69) is 17.2 Å². The van der Waals surface area contributed by atoms with E-state index in [1.807, 2.05) is 24.3 Å². The smallest absolute Gasteiger partial charge is 0.272 e. The van der Waals surface area contributed by atoms with Crippen molar-refractivity contribution in [1.29, 1.82) is 0 Å². The maximum atomic E-state index is 14.2. The van der Waals surface area contributed by atoms with Gasteiger partial charge in [0.1, 0.15) is 10.5 Å². The number of thioether (sulfide) groups is 1. The van der Waals surface area contributed by atoms with Crippen LogP contribution in [0.2, 0.25) is 0 Å². The fourth-order valence-corrected chi connectivity index (χ4v) is 4.70. The van der Waals surface area contributed by atoms with Crippen LogP contribution < -0.4 is 10.9 Å². The molecule has 5 nitrogen and oxygen atoms in total. The number of thiophene rings is 1. The van der Waals surface area contributed by atoms with E-state index in [1.165, 1.54) is 27.5 Å². The average Bonchev–Trinajstić information content (AvgIpc) is 3.25. The molecule has 0 saturated carbocycles. The Bertz CT molecular complexity index is 1280. The first kappa shape index (κ1) is 21.3. The zero-order valence-corrected chi connectivity index (χ0v) is 18.4. The van der Waals surface area contributed by atoms with Crippen LogP contribution in [0, 0.1) is 5.82 Å². The van der Waals surface area contributed by atoms with Crippen molar-refractivity contribution in [2.75, 3.05) is 11.1 Å². The average molecular weight is 454 g/mol. The van der Waals surface area contributed by atoms with E-state index in [0.29, 0.717) is 26.6 Å². The van der Waals surface area contributed by atoms with Crippen LogP contribution in [0.5, 0.6) is 0 Å². The third-order valence-corrected chi connectivity index (χ3v) is 6.66. The summed E-state index contributed by atoms with van der Waals surface area (Å²) in [7, 11) is 0. The second-order valence-electron chi connectivity index (χ2n) is 6.90. The fourth-order valence-electron chi connectivity index (χ4n) is 3.12. The van der Waals surface area contributed by atoms with Crippen LogP contribution >= 0.6 is 23.1 Å². The summed E-state index contributed by atoms with van der Waals surface area (Å²) in [5, 5.41) is 5.04. The van der Waals surface area contributed by atoms with Crippen molar-refractivity contribution < 1.29 is 9.18 Å². The minimum atomic E-state index is -0.384. The monoisotopic (exact) mass is 453 g/mol. The predicted molar refractivity (Wildman–Crippen MR) is 125 cm³/mol. The highest BCUT2D eigenvalue weighted by Gasteiger charge is 2.16. The molecule has 1 N–H and O–H groups in total. The largest absolute Gasteiger partial charge is 0.325 e. The number of anilines is 1. The zero-order valence-electron chi connectivity index (χ0n) is 16.8. The molecule has 0 radical (unpaired) electrons. The first-order chi connectivity index (χ1) is 15.0. The van der Waals surface area contributed by atoms with E-state index >= 15 is 0 Å². The topological polar surface area (TPSA) is 64.0 Å². The molecule has 31 heavy (non-hydrogen) atoms. The Kier molecular flexibility index (Phi) is 6.48. The Morgan fingerprint density at radius 1 is 1.16 bits per heavy atom. The molecule has 1 amide bonds. The Hall–Kier alpha value is -2.97. The minimum Gasteiger partial charge on any atom is -0.325 e. The van der Waals surface area contributed by atoms with Crippen LogP contribution in [-0.2, 0) is 17.8 Å². The van der Waals surface area contributed by atoms with Crippen LogP contribution in [0.1, 0.15) is 18.1 Å². The van der Waals surface area contributed by atoms with Crippen LogP contribution in [-0.4, -0.2) is 21.2 Å². The normalized spacial score (nSPS) is 11.0. The molecule has 0 saturated heterocycles. The first-order valence-corrected chi connectivity index (χ1v) is 11.6. The SMILES string of the molecule is CCc1ccc(NC(=O)CSc2nc3ccsc3c(=O)n2Cc2ccccc2F)cc1. The summed E-state index contributed by atoms with van der Waals surface area (Å²) in [5.41, 5.74) is 2.65. The van der Waals surface area contributed by atoms with Gasteiger partial charge in [0.25, 0.3) is 5.56 Å². The number of aromatic nitrogens is 2. The van der Waals surface area contributed by atoms with Crippen molar-refractivity contribution in [3.8, 4) is 0 Å². The molecular formula is C23H20FN3O2S2. The summed E-state index contributed by atoms with van der Waals surface area (Å²) in [6, 6.07) is 15.8. The number of aryl methyl sites for hydroxylation is 1. The van der Waals surface area contributed by atoms with Crippen LogP contribution in [0.15, 0.2) is 69.9 Å². The molecule has 0 unspecified atom stereocenters. The maximum Gasteiger partial charge on any atom is 0.272 e. The Balaban J connectivity index is 1.56.